The Labute approximate surface area is 108 Å². The lowest BCUT2D eigenvalue weighted by Gasteiger charge is -2.19. The summed E-state index contributed by atoms with van der Waals surface area (Å²) >= 11 is 12.3. The molecule has 1 aliphatic heterocycles. The van der Waals surface area contributed by atoms with Crippen molar-refractivity contribution in [1.29, 1.82) is 0 Å². The Bertz CT molecular complexity index is 435. The number of nitrogens with zero attached hydrogens (tertiary/aromatic N) is 2. The first-order valence-electron chi connectivity index (χ1n) is 4.71. The summed E-state index contributed by atoms with van der Waals surface area (Å²) in [5.41, 5.74) is 0.515. The number of amides is 1. The predicted molar refractivity (Wildman–Crippen MR) is 69.9 cm³/mol. The van der Waals surface area contributed by atoms with Crippen LogP contribution in [0.1, 0.15) is 17.3 Å². The Morgan fingerprint density at radius 2 is 2.44 bits per heavy atom. The molecular weight excluding hydrogens is 264 g/mol. The van der Waals surface area contributed by atoms with Gasteiger partial charge < -0.3 is 0 Å². The van der Waals surface area contributed by atoms with Crippen LogP contribution in [-0.2, 0) is 0 Å². The van der Waals surface area contributed by atoms with E-state index in [2.05, 4.69) is 4.98 Å². The minimum Gasteiger partial charge on any atom is -0.290 e. The highest BCUT2D eigenvalue weighted by Gasteiger charge is 2.31. The number of carbonyl (C=O) groups excluding carboxylic acids is 1. The molecule has 0 N–H and O–H groups in total. The maximum absolute atomic E-state index is 12.1. The summed E-state index contributed by atoms with van der Waals surface area (Å²) in [6, 6.07) is 3.41. The normalized spacial score (nSPS) is 20.2. The summed E-state index contributed by atoms with van der Waals surface area (Å²) in [4.78, 5) is 17.6. The third kappa shape index (κ3) is 2.21. The molecule has 16 heavy (non-hydrogen) atoms. The van der Waals surface area contributed by atoms with E-state index in [0.717, 1.165) is 5.75 Å². The number of carbonyl (C=O) groups is 1. The molecule has 0 aromatic carbocycles. The predicted octanol–water partition coefficient (Wildman–Crippen LogP) is 2.60. The van der Waals surface area contributed by atoms with Gasteiger partial charge in [0.1, 0.15) is 9.47 Å². The van der Waals surface area contributed by atoms with E-state index in [1.807, 2.05) is 6.92 Å². The average Bonchev–Trinajstić information content (AvgIpc) is 2.59. The second-order valence-electron chi connectivity index (χ2n) is 3.47. The molecular formula is C10H9ClN2OS2. The average molecular weight is 273 g/mol. The summed E-state index contributed by atoms with van der Waals surface area (Å²) in [5.74, 6) is 0.748. The van der Waals surface area contributed by atoms with Crippen molar-refractivity contribution in [1.82, 2.24) is 9.88 Å². The largest absolute Gasteiger partial charge is 0.290 e. The van der Waals surface area contributed by atoms with Gasteiger partial charge in [-0.1, -0.05) is 35.6 Å². The molecule has 0 bridgehead atoms. The van der Waals surface area contributed by atoms with Gasteiger partial charge in [0, 0.05) is 18.0 Å². The van der Waals surface area contributed by atoms with Crippen LogP contribution in [0.2, 0.25) is 5.15 Å². The summed E-state index contributed by atoms with van der Waals surface area (Å²) in [6.45, 7) is 1.98. The van der Waals surface area contributed by atoms with Crippen LogP contribution in [0.3, 0.4) is 0 Å². The number of hydrogen-bond acceptors (Lipinski definition) is 4. The van der Waals surface area contributed by atoms with Gasteiger partial charge in [-0.25, -0.2) is 4.98 Å². The number of thioether (sulfide) groups is 1. The standard InChI is InChI=1S/C10H9ClN2OS2/c1-6-5-16-10(15)13(6)9(14)7-2-3-8(11)12-4-7/h2-4,6H,5H2,1H3. The molecule has 0 spiro atoms. The van der Waals surface area contributed by atoms with Gasteiger partial charge in [-0.05, 0) is 19.1 Å². The molecule has 1 unspecified atom stereocenters. The van der Waals surface area contributed by atoms with Gasteiger partial charge in [0.2, 0.25) is 0 Å². The van der Waals surface area contributed by atoms with Gasteiger partial charge in [-0.15, -0.1) is 0 Å². The van der Waals surface area contributed by atoms with Crippen LogP contribution < -0.4 is 0 Å². The zero-order valence-corrected chi connectivity index (χ0v) is 10.9. The molecule has 1 amide bonds. The maximum atomic E-state index is 12.1. The summed E-state index contributed by atoms with van der Waals surface area (Å²) in [6.07, 6.45) is 1.48. The molecule has 2 heterocycles. The van der Waals surface area contributed by atoms with Gasteiger partial charge in [0.25, 0.3) is 5.91 Å². The molecule has 1 aromatic rings. The Hall–Kier alpha value is -0.650. The first kappa shape index (κ1) is 11.8. The SMILES string of the molecule is CC1CSC(=S)N1C(=O)c1ccc(Cl)nc1. The van der Waals surface area contributed by atoms with Crippen molar-refractivity contribution in [3.05, 3.63) is 29.0 Å². The topological polar surface area (TPSA) is 33.2 Å². The first-order chi connectivity index (χ1) is 7.59. The van der Waals surface area contributed by atoms with Gasteiger partial charge in [-0.2, -0.15) is 0 Å². The number of rotatable bonds is 1. The molecule has 3 nitrogen and oxygen atoms in total. The lowest BCUT2D eigenvalue weighted by molar-refractivity contribution is 0.0831. The van der Waals surface area contributed by atoms with Crippen molar-refractivity contribution in [2.45, 2.75) is 13.0 Å². The molecule has 1 saturated heterocycles. The zero-order valence-electron chi connectivity index (χ0n) is 8.51. The van der Waals surface area contributed by atoms with Crippen molar-refractivity contribution in [3.8, 4) is 0 Å². The molecule has 6 heteroatoms. The fourth-order valence-electron chi connectivity index (χ4n) is 1.44. The van der Waals surface area contributed by atoms with Gasteiger partial charge in [0.05, 0.1) is 5.56 Å². The molecule has 1 aromatic heterocycles. The fourth-order valence-corrected chi connectivity index (χ4v) is 2.95. The lowest BCUT2D eigenvalue weighted by atomic mass is 10.2. The number of hydrogen-bond donors (Lipinski definition) is 0. The molecule has 1 fully saturated rings. The van der Waals surface area contributed by atoms with Gasteiger partial charge >= 0.3 is 0 Å². The van der Waals surface area contributed by atoms with E-state index in [1.54, 1.807) is 17.0 Å². The first-order valence-corrected chi connectivity index (χ1v) is 6.48. The Morgan fingerprint density at radius 1 is 1.69 bits per heavy atom. The van der Waals surface area contributed by atoms with Crippen LogP contribution in [0.4, 0.5) is 0 Å². The monoisotopic (exact) mass is 272 g/mol. The maximum Gasteiger partial charge on any atom is 0.261 e. The molecule has 1 aliphatic rings. The van der Waals surface area contributed by atoms with Gasteiger partial charge in [-0.3, -0.25) is 9.69 Å². The number of halogens is 1. The summed E-state index contributed by atoms with van der Waals surface area (Å²) in [5, 5.41) is 0.378. The molecule has 84 valence electrons. The van der Waals surface area contributed by atoms with Crippen LogP contribution in [-0.4, -0.2) is 31.9 Å². The number of thiocarbonyl (C=S) groups is 1. The molecule has 0 aliphatic carbocycles. The van der Waals surface area contributed by atoms with E-state index in [4.69, 9.17) is 23.8 Å². The van der Waals surface area contributed by atoms with Crippen molar-refractivity contribution < 1.29 is 4.79 Å². The van der Waals surface area contributed by atoms with Gasteiger partial charge in [0.15, 0.2) is 0 Å². The summed E-state index contributed by atoms with van der Waals surface area (Å²) in [7, 11) is 0. The highest BCUT2D eigenvalue weighted by atomic mass is 35.5. The van der Waals surface area contributed by atoms with Crippen molar-refractivity contribution in [2.24, 2.45) is 0 Å². The third-order valence-corrected chi connectivity index (χ3v) is 4.15. The van der Waals surface area contributed by atoms with E-state index in [0.29, 0.717) is 15.0 Å². The Balaban J connectivity index is 2.25. The minimum atomic E-state index is -0.105. The smallest absolute Gasteiger partial charge is 0.261 e. The van der Waals surface area contributed by atoms with Crippen LogP contribution in [0, 0.1) is 0 Å². The van der Waals surface area contributed by atoms with Crippen LogP contribution in [0.25, 0.3) is 0 Å². The molecule has 1 atom stereocenters. The van der Waals surface area contributed by atoms with Crippen LogP contribution >= 0.6 is 35.6 Å². The Kier molecular flexibility index (Phi) is 3.47. The van der Waals surface area contributed by atoms with Crippen LogP contribution in [0.15, 0.2) is 18.3 Å². The zero-order chi connectivity index (χ0) is 11.7. The van der Waals surface area contributed by atoms with Crippen molar-refractivity contribution in [3.63, 3.8) is 0 Å². The van der Waals surface area contributed by atoms with E-state index in [1.165, 1.54) is 18.0 Å². The molecule has 0 radical (unpaired) electrons. The minimum absolute atomic E-state index is 0.105. The fraction of sp³-hybridized carbons (Fsp3) is 0.300. The third-order valence-electron chi connectivity index (χ3n) is 2.28. The highest BCUT2D eigenvalue weighted by molar-refractivity contribution is 8.23. The number of pyridine rings is 1. The van der Waals surface area contributed by atoms with E-state index < -0.39 is 0 Å². The van der Waals surface area contributed by atoms with Crippen LogP contribution in [0.5, 0.6) is 0 Å². The number of aromatic nitrogens is 1. The van der Waals surface area contributed by atoms with E-state index in [9.17, 15) is 4.79 Å². The van der Waals surface area contributed by atoms with Crippen molar-refractivity contribution >= 4 is 45.8 Å². The highest BCUT2D eigenvalue weighted by Crippen LogP contribution is 2.25. The molecule has 2 rings (SSSR count). The lowest BCUT2D eigenvalue weighted by Crippen LogP contribution is -2.36. The second-order valence-corrected chi connectivity index (χ2v) is 5.51. The quantitative estimate of drug-likeness (QED) is 0.581. The second kappa shape index (κ2) is 4.69. The van der Waals surface area contributed by atoms with E-state index >= 15 is 0 Å². The Morgan fingerprint density at radius 3 is 2.94 bits per heavy atom. The summed E-state index contributed by atoms with van der Waals surface area (Å²) < 4.78 is 0.632. The molecule has 0 saturated carbocycles. The van der Waals surface area contributed by atoms with Crippen molar-refractivity contribution in [2.75, 3.05) is 5.75 Å². The van der Waals surface area contributed by atoms with E-state index in [-0.39, 0.29) is 11.9 Å².